The molecule has 1 N–H and O–H groups in total. The van der Waals surface area contributed by atoms with Crippen LogP contribution in [0.25, 0.3) is 0 Å². The minimum atomic E-state index is -0.839. The molecule has 1 aromatic rings. The number of amidine groups is 1. The fourth-order valence-corrected chi connectivity index (χ4v) is 3.05. The molecule has 0 aromatic heterocycles. The fourth-order valence-electron chi connectivity index (χ4n) is 3.05. The number of aliphatic imine (C=N–C) groups is 1. The van der Waals surface area contributed by atoms with Crippen molar-refractivity contribution in [2.75, 3.05) is 6.54 Å². The predicted molar refractivity (Wildman–Crippen MR) is 90.3 cm³/mol. The van der Waals surface area contributed by atoms with Gasteiger partial charge in [-0.25, -0.2) is 0 Å². The summed E-state index contributed by atoms with van der Waals surface area (Å²) < 4.78 is 5.94. The highest BCUT2D eigenvalue weighted by Gasteiger charge is 2.45. The number of benzene rings is 1. The van der Waals surface area contributed by atoms with E-state index in [1.807, 2.05) is 31.9 Å². The quantitative estimate of drug-likeness (QED) is 0.524. The van der Waals surface area contributed by atoms with Crippen LogP contribution in [0.5, 0.6) is 5.75 Å². The van der Waals surface area contributed by atoms with Crippen LogP contribution in [0.1, 0.15) is 51.3 Å². The maximum atomic E-state index is 10.9. The second kappa shape index (κ2) is 6.90. The first-order chi connectivity index (χ1) is 11.4. The van der Waals surface area contributed by atoms with Gasteiger partial charge in [0.1, 0.15) is 23.3 Å². The van der Waals surface area contributed by atoms with Crippen LogP contribution < -0.4 is 4.74 Å². The number of nitriles is 2. The summed E-state index contributed by atoms with van der Waals surface area (Å²) in [7, 11) is 0. The zero-order chi connectivity index (χ0) is 17.9. The lowest BCUT2D eigenvalue weighted by atomic mass is 9.84. The Morgan fingerprint density at radius 2 is 2.12 bits per heavy atom. The topological polar surface area (TPSA) is 92.6 Å². The van der Waals surface area contributed by atoms with Gasteiger partial charge in [0, 0.05) is 12.1 Å². The number of rotatable bonds is 3. The van der Waals surface area contributed by atoms with E-state index in [1.54, 1.807) is 25.1 Å². The molecule has 24 heavy (non-hydrogen) atoms. The minimum Gasteiger partial charge on any atom is -0.485 e. The number of hydrogen-bond donors (Lipinski definition) is 1. The normalized spacial score (nSPS) is 21.9. The largest absolute Gasteiger partial charge is 0.485 e. The Hall–Kier alpha value is -2.57. The molecule has 1 aliphatic heterocycles. The molecule has 6 heteroatoms. The molecule has 1 aromatic carbocycles. The second-order valence-electron chi connectivity index (χ2n) is 6.41. The number of fused-ring (bicyclic) bond motifs is 1. The third-order valence-electron chi connectivity index (χ3n) is 4.27. The molecular formula is C18H22N4O2. The van der Waals surface area contributed by atoms with E-state index in [9.17, 15) is 10.4 Å². The van der Waals surface area contributed by atoms with E-state index < -0.39 is 17.7 Å². The lowest BCUT2D eigenvalue weighted by molar-refractivity contribution is -0.0816. The molecule has 2 atom stereocenters. The van der Waals surface area contributed by atoms with Crippen LogP contribution >= 0.6 is 0 Å². The van der Waals surface area contributed by atoms with E-state index in [1.165, 1.54) is 0 Å². The Balaban J connectivity index is 2.63. The van der Waals surface area contributed by atoms with Crippen molar-refractivity contribution < 1.29 is 9.84 Å². The summed E-state index contributed by atoms with van der Waals surface area (Å²) in [6.45, 7) is 8.06. The zero-order valence-electron chi connectivity index (χ0n) is 14.4. The third kappa shape index (κ3) is 3.20. The highest BCUT2D eigenvalue weighted by atomic mass is 16.5. The Bertz CT molecular complexity index is 728. The van der Waals surface area contributed by atoms with Crippen molar-refractivity contribution in [1.29, 1.82) is 10.5 Å². The van der Waals surface area contributed by atoms with Gasteiger partial charge in [0.2, 0.25) is 6.19 Å². The number of nitrogens with zero attached hydrogens (tertiary/aromatic N) is 4. The van der Waals surface area contributed by atoms with Gasteiger partial charge in [-0.3, -0.25) is 0 Å². The highest BCUT2D eigenvalue weighted by Crippen LogP contribution is 2.43. The molecule has 0 saturated carbocycles. The molecule has 0 aliphatic carbocycles. The highest BCUT2D eigenvalue weighted by molar-refractivity contribution is 5.81. The van der Waals surface area contributed by atoms with Crippen LogP contribution in [0, 0.1) is 22.8 Å². The first-order valence-electron chi connectivity index (χ1n) is 7.96. The Kier molecular flexibility index (Phi) is 5.11. The molecule has 2 rings (SSSR count). The van der Waals surface area contributed by atoms with Gasteiger partial charge in [0.15, 0.2) is 0 Å². The zero-order valence-corrected chi connectivity index (χ0v) is 14.4. The summed E-state index contributed by atoms with van der Waals surface area (Å²) in [6, 6.07) is 6.88. The van der Waals surface area contributed by atoms with Crippen LogP contribution in [0.15, 0.2) is 23.2 Å². The molecule has 0 fully saturated rings. The second-order valence-corrected chi connectivity index (χ2v) is 6.41. The average Bonchev–Trinajstić information content (AvgIpc) is 2.54. The maximum absolute atomic E-state index is 10.9. The summed E-state index contributed by atoms with van der Waals surface area (Å²) >= 11 is 0. The first-order valence-corrected chi connectivity index (χ1v) is 7.96. The number of aliphatic hydroxyl groups excluding tert-OH is 1. The Labute approximate surface area is 142 Å². The Morgan fingerprint density at radius 3 is 2.71 bits per heavy atom. The van der Waals surface area contributed by atoms with Crippen molar-refractivity contribution in [3.63, 3.8) is 0 Å². The lowest BCUT2D eigenvalue weighted by Gasteiger charge is -2.46. The van der Waals surface area contributed by atoms with Crippen molar-refractivity contribution in [2.24, 2.45) is 4.99 Å². The average molecular weight is 326 g/mol. The van der Waals surface area contributed by atoms with E-state index >= 15 is 0 Å². The van der Waals surface area contributed by atoms with Gasteiger partial charge in [-0.1, -0.05) is 6.92 Å². The van der Waals surface area contributed by atoms with Gasteiger partial charge in [-0.05, 0) is 45.4 Å². The van der Waals surface area contributed by atoms with Gasteiger partial charge in [0.05, 0.1) is 17.7 Å². The maximum Gasteiger partial charge on any atom is 0.207 e. The van der Waals surface area contributed by atoms with Crippen LogP contribution in [-0.2, 0) is 0 Å². The molecule has 0 spiro atoms. The number of ether oxygens (including phenoxy) is 1. The van der Waals surface area contributed by atoms with E-state index in [2.05, 4.69) is 11.1 Å². The molecule has 126 valence electrons. The van der Waals surface area contributed by atoms with Gasteiger partial charge in [0.25, 0.3) is 0 Å². The smallest absolute Gasteiger partial charge is 0.207 e. The summed E-state index contributed by atoms with van der Waals surface area (Å²) in [5.41, 5.74) is 0.437. The Morgan fingerprint density at radius 1 is 1.42 bits per heavy atom. The van der Waals surface area contributed by atoms with E-state index in [-0.39, 0.29) is 0 Å². The van der Waals surface area contributed by atoms with Crippen LogP contribution in [0.3, 0.4) is 0 Å². The first kappa shape index (κ1) is 17.8. The van der Waals surface area contributed by atoms with Crippen molar-refractivity contribution in [2.45, 2.75) is 51.9 Å². The van der Waals surface area contributed by atoms with Gasteiger partial charge >= 0.3 is 0 Å². The summed E-state index contributed by atoms with van der Waals surface area (Å²) in [6.07, 6.45) is 1.80. The summed E-state index contributed by atoms with van der Waals surface area (Å²) in [4.78, 5) is 5.76. The monoisotopic (exact) mass is 326 g/mol. The van der Waals surface area contributed by atoms with Crippen molar-refractivity contribution >= 4 is 5.84 Å². The van der Waals surface area contributed by atoms with Crippen molar-refractivity contribution in [3.8, 4) is 18.0 Å². The summed E-state index contributed by atoms with van der Waals surface area (Å²) in [5, 5.41) is 29.0. The third-order valence-corrected chi connectivity index (χ3v) is 4.27. The van der Waals surface area contributed by atoms with Crippen molar-refractivity contribution in [3.05, 3.63) is 29.3 Å². The molecular weight excluding hydrogens is 304 g/mol. The standard InChI is InChI=1S/C18H22N4O2/c1-5-8-22(12(2)21-11-20)16-14-9-13(10-19)6-7-15(14)24-18(3,4)17(16)23/h6-7,9,16-17,23H,5,8H2,1-4H3. The summed E-state index contributed by atoms with van der Waals surface area (Å²) in [5.74, 6) is 1.18. The number of aliphatic hydroxyl groups is 1. The SMILES string of the molecule is CCCN(C(C)=NC#N)C1c2cc(C#N)ccc2OC(C)(C)C1O. The van der Waals surface area contributed by atoms with Crippen molar-refractivity contribution in [1.82, 2.24) is 4.90 Å². The molecule has 0 radical (unpaired) electrons. The molecule has 1 heterocycles. The molecule has 0 saturated heterocycles. The van der Waals surface area contributed by atoms with Gasteiger partial charge in [-0.2, -0.15) is 15.5 Å². The minimum absolute atomic E-state index is 0.436. The number of hydrogen-bond acceptors (Lipinski definition) is 5. The van der Waals surface area contributed by atoms with Gasteiger partial charge in [-0.15, -0.1) is 0 Å². The van der Waals surface area contributed by atoms with E-state index in [0.717, 1.165) is 12.0 Å². The molecule has 0 bridgehead atoms. The molecule has 6 nitrogen and oxygen atoms in total. The van der Waals surface area contributed by atoms with E-state index in [4.69, 9.17) is 10.00 Å². The molecule has 1 aliphatic rings. The van der Waals surface area contributed by atoms with Crippen LogP contribution in [-0.4, -0.2) is 34.1 Å². The lowest BCUT2D eigenvalue weighted by Crippen LogP contribution is -2.54. The molecule has 0 amide bonds. The van der Waals surface area contributed by atoms with Crippen LogP contribution in [0.4, 0.5) is 0 Å². The van der Waals surface area contributed by atoms with E-state index in [0.29, 0.717) is 23.7 Å². The van der Waals surface area contributed by atoms with Crippen LogP contribution in [0.2, 0.25) is 0 Å². The fraction of sp³-hybridized carbons (Fsp3) is 0.500. The van der Waals surface area contributed by atoms with Gasteiger partial charge < -0.3 is 14.7 Å². The molecule has 2 unspecified atom stereocenters. The predicted octanol–water partition coefficient (Wildman–Crippen LogP) is 2.74.